The molecule has 2 rings (SSSR count). The Morgan fingerprint density at radius 3 is 2.29 bits per heavy atom. The van der Waals surface area contributed by atoms with Crippen molar-refractivity contribution in [2.75, 3.05) is 0 Å². The molecule has 0 N–H and O–H groups in total. The topological polar surface area (TPSA) is 0 Å². The van der Waals surface area contributed by atoms with Gasteiger partial charge in [-0.15, -0.1) is 0 Å². The van der Waals surface area contributed by atoms with Crippen LogP contribution in [0.15, 0.2) is 48.5 Å². The Bertz CT molecular complexity index is 471. The third-order valence-corrected chi connectivity index (χ3v) is 3.29. The van der Waals surface area contributed by atoms with Gasteiger partial charge in [0.1, 0.15) is 0 Å². The average molecular weight is 245 g/mol. The van der Waals surface area contributed by atoms with Crippen LogP contribution >= 0.6 is 11.6 Å². The maximum atomic E-state index is 6.18. The molecule has 0 saturated heterocycles. The van der Waals surface area contributed by atoms with Gasteiger partial charge in [0, 0.05) is 10.6 Å². The second-order valence-corrected chi connectivity index (χ2v) is 4.69. The van der Waals surface area contributed by atoms with Crippen LogP contribution in [0.3, 0.4) is 0 Å². The highest BCUT2D eigenvalue weighted by Gasteiger charge is 2.02. The molecule has 0 bridgehead atoms. The van der Waals surface area contributed by atoms with Crippen molar-refractivity contribution in [2.24, 2.45) is 0 Å². The van der Waals surface area contributed by atoms with Crippen LogP contribution in [-0.2, 0) is 6.42 Å². The van der Waals surface area contributed by atoms with Crippen LogP contribution < -0.4 is 0 Å². The normalized spacial score (nSPS) is 10.5. The van der Waals surface area contributed by atoms with Gasteiger partial charge in [-0.3, -0.25) is 0 Å². The van der Waals surface area contributed by atoms with E-state index < -0.39 is 0 Å². The molecular weight excluding hydrogens is 228 g/mol. The van der Waals surface area contributed by atoms with Gasteiger partial charge < -0.3 is 0 Å². The van der Waals surface area contributed by atoms with Crippen LogP contribution in [0.25, 0.3) is 11.1 Å². The molecule has 0 saturated carbocycles. The van der Waals surface area contributed by atoms with Crippen LogP contribution in [0.2, 0.25) is 5.02 Å². The van der Waals surface area contributed by atoms with Gasteiger partial charge >= 0.3 is 0 Å². The van der Waals surface area contributed by atoms with E-state index in [1.165, 1.54) is 30.4 Å². The van der Waals surface area contributed by atoms with Gasteiger partial charge in [0.15, 0.2) is 0 Å². The number of benzene rings is 2. The predicted octanol–water partition coefficient (Wildman–Crippen LogP) is 5.35. The van der Waals surface area contributed by atoms with Gasteiger partial charge in [0.25, 0.3) is 0 Å². The first-order valence-corrected chi connectivity index (χ1v) is 6.53. The minimum absolute atomic E-state index is 0.814. The zero-order valence-electron chi connectivity index (χ0n) is 10.1. The van der Waals surface area contributed by atoms with E-state index in [2.05, 4.69) is 37.3 Å². The number of rotatable bonds is 4. The summed E-state index contributed by atoms with van der Waals surface area (Å²) >= 11 is 6.18. The molecule has 1 heteroatoms. The van der Waals surface area contributed by atoms with Gasteiger partial charge in [-0.25, -0.2) is 0 Å². The van der Waals surface area contributed by atoms with Gasteiger partial charge in [-0.2, -0.15) is 0 Å². The van der Waals surface area contributed by atoms with Gasteiger partial charge in [0.05, 0.1) is 0 Å². The third-order valence-electron chi connectivity index (χ3n) is 2.96. The quantitative estimate of drug-likeness (QED) is 0.680. The summed E-state index contributed by atoms with van der Waals surface area (Å²) in [4.78, 5) is 0. The summed E-state index contributed by atoms with van der Waals surface area (Å²) in [5.74, 6) is 0. The average Bonchev–Trinajstić information content (AvgIpc) is 2.38. The lowest BCUT2D eigenvalue weighted by molar-refractivity contribution is 0.795. The minimum atomic E-state index is 0.814. The maximum absolute atomic E-state index is 6.18. The van der Waals surface area contributed by atoms with E-state index in [1.807, 2.05) is 18.2 Å². The highest BCUT2D eigenvalue weighted by molar-refractivity contribution is 6.33. The summed E-state index contributed by atoms with van der Waals surface area (Å²) in [7, 11) is 0. The largest absolute Gasteiger partial charge is 0.0837 e. The van der Waals surface area contributed by atoms with Crippen molar-refractivity contribution in [2.45, 2.75) is 26.2 Å². The smallest absolute Gasteiger partial charge is 0.0484 e. The zero-order valence-corrected chi connectivity index (χ0v) is 10.9. The van der Waals surface area contributed by atoms with Crippen molar-refractivity contribution >= 4 is 11.6 Å². The van der Waals surface area contributed by atoms with E-state index in [4.69, 9.17) is 11.6 Å². The van der Waals surface area contributed by atoms with E-state index >= 15 is 0 Å². The van der Waals surface area contributed by atoms with Crippen LogP contribution in [0.1, 0.15) is 25.3 Å². The minimum Gasteiger partial charge on any atom is -0.0837 e. The Morgan fingerprint density at radius 1 is 0.941 bits per heavy atom. The third kappa shape index (κ3) is 3.10. The van der Waals surface area contributed by atoms with Crippen molar-refractivity contribution in [1.29, 1.82) is 0 Å². The second-order valence-electron chi connectivity index (χ2n) is 4.28. The first-order chi connectivity index (χ1) is 8.31. The molecule has 0 atom stereocenters. The Morgan fingerprint density at radius 2 is 1.65 bits per heavy atom. The van der Waals surface area contributed by atoms with Crippen molar-refractivity contribution in [1.82, 2.24) is 0 Å². The first kappa shape index (κ1) is 12.2. The molecule has 0 spiro atoms. The van der Waals surface area contributed by atoms with Crippen LogP contribution in [-0.4, -0.2) is 0 Å². The molecule has 0 nitrogen and oxygen atoms in total. The van der Waals surface area contributed by atoms with E-state index in [9.17, 15) is 0 Å². The van der Waals surface area contributed by atoms with E-state index in [-0.39, 0.29) is 0 Å². The highest BCUT2D eigenvalue weighted by Crippen LogP contribution is 2.27. The molecule has 88 valence electrons. The van der Waals surface area contributed by atoms with Crippen molar-refractivity contribution < 1.29 is 0 Å². The van der Waals surface area contributed by atoms with E-state index in [0.29, 0.717) is 0 Å². The summed E-state index contributed by atoms with van der Waals surface area (Å²) in [5, 5.41) is 0.814. The fourth-order valence-corrected chi connectivity index (χ4v) is 2.17. The summed E-state index contributed by atoms with van der Waals surface area (Å²) in [6.07, 6.45) is 3.66. The molecule has 2 aromatic carbocycles. The van der Waals surface area contributed by atoms with Crippen LogP contribution in [0, 0.1) is 0 Å². The summed E-state index contributed by atoms with van der Waals surface area (Å²) in [5.41, 5.74) is 3.70. The molecule has 2 aromatic rings. The fourth-order valence-electron chi connectivity index (χ4n) is 1.93. The number of hydrogen-bond acceptors (Lipinski definition) is 0. The Hall–Kier alpha value is -1.27. The summed E-state index contributed by atoms with van der Waals surface area (Å²) in [6.45, 7) is 2.22. The molecular formula is C16H17Cl. The molecule has 0 heterocycles. The molecule has 0 fully saturated rings. The lowest BCUT2D eigenvalue weighted by atomic mass is 10.0. The van der Waals surface area contributed by atoms with Crippen molar-refractivity contribution in [3.63, 3.8) is 0 Å². The summed E-state index contributed by atoms with van der Waals surface area (Å²) < 4.78 is 0. The molecule has 0 aromatic heterocycles. The van der Waals surface area contributed by atoms with E-state index in [1.54, 1.807) is 0 Å². The predicted molar refractivity (Wildman–Crippen MR) is 75.5 cm³/mol. The maximum Gasteiger partial charge on any atom is 0.0484 e. The fraction of sp³-hybridized carbons (Fsp3) is 0.250. The van der Waals surface area contributed by atoms with Crippen LogP contribution in [0.4, 0.5) is 0 Å². The van der Waals surface area contributed by atoms with Gasteiger partial charge in [-0.05, 0) is 30.0 Å². The first-order valence-electron chi connectivity index (χ1n) is 6.15. The van der Waals surface area contributed by atoms with Gasteiger partial charge in [-0.1, -0.05) is 67.4 Å². The highest BCUT2D eigenvalue weighted by atomic mass is 35.5. The number of unbranched alkanes of at least 4 members (excludes halogenated alkanes) is 1. The number of aryl methyl sites for hydroxylation is 1. The molecule has 0 amide bonds. The monoisotopic (exact) mass is 244 g/mol. The van der Waals surface area contributed by atoms with Gasteiger partial charge in [0.2, 0.25) is 0 Å². The Kier molecular flexibility index (Phi) is 4.22. The molecule has 0 aliphatic heterocycles. The Labute approximate surface area is 108 Å². The van der Waals surface area contributed by atoms with E-state index in [0.717, 1.165) is 10.6 Å². The summed E-state index contributed by atoms with van der Waals surface area (Å²) in [6, 6.07) is 16.7. The SMILES string of the molecule is CCCCc1ccc(-c2ccccc2Cl)cc1. The molecule has 0 unspecified atom stereocenters. The standard InChI is InChI=1S/C16H17Cl/c1-2-3-6-13-9-11-14(12-10-13)15-7-4-5-8-16(15)17/h4-5,7-12H,2-3,6H2,1H3. The number of halogens is 1. The molecule has 0 aliphatic rings. The molecule has 17 heavy (non-hydrogen) atoms. The molecule has 0 radical (unpaired) electrons. The van der Waals surface area contributed by atoms with Crippen molar-refractivity contribution in [3.8, 4) is 11.1 Å². The lowest BCUT2D eigenvalue weighted by Crippen LogP contribution is -1.85. The zero-order chi connectivity index (χ0) is 12.1. The second kappa shape index (κ2) is 5.88. The Balaban J connectivity index is 2.21. The van der Waals surface area contributed by atoms with Crippen LogP contribution in [0.5, 0.6) is 0 Å². The lowest BCUT2D eigenvalue weighted by Gasteiger charge is -2.05. The van der Waals surface area contributed by atoms with Crippen molar-refractivity contribution in [3.05, 3.63) is 59.1 Å². The molecule has 0 aliphatic carbocycles. The number of hydrogen-bond donors (Lipinski definition) is 0.